The average Bonchev–Trinajstić information content (AvgIpc) is 3.12. The Balaban J connectivity index is 1.56. The minimum Gasteiger partial charge on any atom is -0.465 e. The summed E-state index contributed by atoms with van der Waals surface area (Å²) in [5.74, 6) is -1.89. The monoisotopic (exact) mass is 474 g/mol. The molecule has 0 spiro atoms. The SMILES string of the molecule is COC(=O)c1cccc(NC(=O)COC(=O)c2ccc(S(=O)(=O)N3CCCCCC3)cc2)c1. The summed E-state index contributed by atoms with van der Waals surface area (Å²) in [6.45, 7) is 0.433. The second kappa shape index (κ2) is 11.1. The Labute approximate surface area is 192 Å². The van der Waals surface area contributed by atoms with Crippen molar-refractivity contribution < 1.29 is 32.3 Å². The molecule has 0 aliphatic carbocycles. The molecule has 2 aromatic carbocycles. The molecule has 9 nitrogen and oxygen atoms in total. The van der Waals surface area contributed by atoms with Gasteiger partial charge in [0.2, 0.25) is 10.0 Å². The number of nitrogens with zero attached hydrogens (tertiary/aromatic N) is 1. The van der Waals surface area contributed by atoms with Crippen molar-refractivity contribution in [1.82, 2.24) is 4.31 Å². The van der Waals surface area contributed by atoms with Gasteiger partial charge in [0.25, 0.3) is 5.91 Å². The van der Waals surface area contributed by atoms with E-state index in [1.807, 2.05) is 0 Å². The molecule has 3 rings (SSSR count). The summed E-state index contributed by atoms with van der Waals surface area (Å²) < 4.78 is 36.8. The highest BCUT2D eigenvalue weighted by atomic mass is 32.2. The summed E-state index contributed by atoms with van der Waals surface area (Å²) in [7, 11) is -2.36. The highest BCUT2D eigenvalue weighted by Crippen LogP contribution is 2.21. The lowest BCUT2D eigenvalue weighted by molar-refractivity contribution is -0.119. The van der Waals surface area contributed by atoms with Gasteiger partial charge in [-0.25, -0.2) is 18.0 Å². The van der Waals surface area contributed by atoms with Gasteiger partial charge in [0.1, 0.15) is 0 Å². The number of amides is 1. The second-order valence-corrected chi connectivity index (χ2v) is 9.48. The molecule has 0 atom stereocenters. The van der Waals surface area contributed by atoms with Gasteiger partial charge in [-0.05, 0) is 55.3 Å². The molecule has 10 heteroatoms. The summed E-state index contributed by atoms with van der Waals surface area (Å²) in [5, 5.41) is 2.53. The molecule has 1 aliphatic heterocycles. The third-order valence-electron chi connectivity index (χ3n) is 5.19. The summed E-state index contributed by atoms with van der Waals surface area (Å²) >= 11 is 0. The minimum absolute atomic E-state index is 0.115. The Morgan fingerprint density at radius 2 is 1.58 bits per heavy atom. The molecule has 1 N–H and O–H groups in total. The van der Waals surface area contributed by atoms with Crippen molar-refractivity contribution in [3.63, 3.8) is 0 Å². The standard InChI is InChI=1S/C23H26N2O7S/c1-31-22(27)18-7-6-8-19(15-18)24-21(26)16-32-23(28)17-9-11-20(12-10-17)33(29,30)25-13-4-2-3-5-14-25/h6-12,15H,2-5,13-14,16H2,1H3,(H,24,26). The van der Waals surface area contributed by atoms with Gasteiger partial charge in [-0.3, -0.25) is 4.79 Å². The number of hydrogen-bond donors (Lipinski definition) is 1. The smallest absolute Gasteiger partial charge is 0.338 e. The first-order valence-electron chi connectivity index (χ1n) is 10.6. The van der Waals surface area contributed by atoms with E-state index in [-0.39, 0.29) is 16.0 Å². The Kier molecular flexibility index (Phi) is 8.18. The van der Waals surface area contributed by atoms with Gasteiger partial charge >= 0.3 is 11.9 Å². The number of carbonyl (C=O) groups excluding carboxylic acids is 3. The van der Waals surface area contributed by atoms with E-state index >= 15 is 0 Å². The van der Waals surface area contributed by atoms with Crippen LogP contribution >= 0.6 is 0 Å². The normalized spacial score (nSPS) is 14.7. The second-order valence-electron chi connectivity index (χ2n) is 7.54. The fourth-order valence-electron chi connectivity index (χ4n) is 3.45. The zero-order valence-corrected chi connectivity index (χ0v) is 19.1. The van der Waals surface area contributed by atoms with Crippen LogP contribution in [0.25, 0.3) is 0 Å². The molecule has 1 aliphatic rings. The number of sulfonamides is 1. The molecule has 0 saturated carbocycles. The molecule has 0 unspecified atom stereocenters. The molecule has 33 heavy (non-hydrogen) atoms. The molecular weight excluding hydrogens is 448 g/mol. The number of benzene rings is 2. The van der Waals surface area contributed by atoms with Crippen LogP contribution in [0.3, 0.4) is 0 Å². The number of methoxy groups -OCH3 is 1. The lowest BCUT2D eigenvalue weighted by Crippen LogP contribution is -2.31. The summed E-state index contributed by atoms with van der Waals surface area (Å²) in [6.07, 6.45) is 3.69. The maximum absolute atomic E-state index is 12.8. The van der Waals surface area contributed by atoms with Crippen LogP contribution in [0.4, 0.5) is 5.69 Å². The minimum atomic E-state index is -3.62. The van der Waals surface area contributed by atoms with Crippen LogP contribution in [-0.2, 0) is 24.3 Å². The third kappa shape index (κ3) is 6.39. The topological polar surface area (TPSA) is 119 Å². The Hall–Kier alpha value is -3.24. The van der Waals surface area contributed by atoms with E-state index in [1.165, 1.54) is 47.8 Å². The van der Waals surface area contributed by atoms with Crippen molar-refractivity contribution in [3.8, 4) is 0 Å². The first-order chi connectivity index (χ1) is 15.8. The quantitative estimate of drug-likeness (QED) is 0.613. The molecule has 1 amide bonds. The predicted molar refractivity (Wildman–Crippen MR) is 120 cm³/mol. The van der Waals surface area contributed by atoms with E-state index in [1.54, 1.807) is 12.1 Å². The first kappa shape index (κ1) is 24.4. The van der Waals surface area contributed by atoms with Crippen LogP contribution < -0.4 is 5.32 Å². The van der Waals surface area contributed by atoms with Gasteiger partial charge in [0.15, 0.2) is 6.61 Å². The molecule has 176 valence electrons. The van der Waals surface area contributed by atoms with E-state index in [9.17, 15) is 22.8 Å². The fraction of sp³-hybridized carbons (Fsp3) is 0.348. The summed E-state index contributed by atoms with van der Waals surface area (Å²) in [5.41, 5.74) is 0.745. The Morgan fingerprint density at radius 3 is 2.21 bits per heavy atom. The number of esters is 2. The summed E-state index contributed by atoms with van der Waals surface area (Å²) in [4.78, 5) is 36.1. The number of nitrogens with one attached hydrogen (secondary N) is 1. The highest BCUT2D eigenvalue weighted by molar-refractivity contribution is 7.89. The number of rotatable bonds is 7. The van der Waals surface area contributed by atoms with E-state index in [4.69, 9.17) is 4.74 Å². The molecule has 0 aromatic heterocycles. The van der Waals surface area contributed by atoms with Crippen molar-refractivity contribution in [1.29, 1.82) is 0 Å². The summed E-state index contributed by atoms with van der Waals surface area (Å²) in [6, 6.07) is 11.6. The van der Waals surface area contributed by atoms with Gasteiger partial charge in [-0.1, -0.05) is 18.9 Å². The van der Waals surface area contributed by atoms with Crippen LogP contribution in [0, 0.1) is 0 Å². The first-order valence-corrected chi connectivity index (χ1v) is 12.0. The largest absolute Gasteiger partial charge is 0.465 e. The van der Waals surface area contributed by atoms with Crippen LogP contribution in [0.5, 0.6) is 0 Å². The van der Waals surface area contributed by atoms with Crippen molar-refractivity contribution >= 4 is 33.6 Å². The van der Waals surface area contributed by atoms with Gasteiger partial charge in [-0.2, -0.15) is 4.31 Å². The molecule has 0 radical (unpaired) electrons. The zero-order valence-electron chi connectivity index (χ0n) is 18.3. The van der Waals surface area contributed by atoms with E-state index in [0.717, 1.165) is 25.7 Å². The van der Waals surface area contributed by atoms with Crippen molar-refractivity contribution in [2.75, 3.05) is 32.1 Å². The number of hydrogen-bond acceptors (Lipinski definition) is 7. The molecule has 1 fully saturated rings. The highest BCUT2D eigenvalue weighted by Gasteiger charge is 2.25. The lowest BCUT2D eigenvalue weighted by atomic mass is 10.2. The van der Waals surface area contributed by atoms with E-state index in [0.29, 0.717) is 18.8 Å². The van der Waals surface area contributed by atoms with Crippen LogP contribution in [-0.4, -0.2) is 57.4 Å². The third-order valence-corrected chi connectivity index (χ3v) is 7.11. The number of anilines is 1. The van der Waals surface area contributed by atoms with Crippen molar-refractivity contribution in [2.45, 2.75) is 30.6 Å². The van der Waals surface area contributed by atoms with Crippen molar-refractivity contribution in [3.05, 3.63) is 59.7 Å². The maximum atomic E-state index is 12.8. The van der Waals surface area contributed by atoms with Crippen molar-refractivity contribution in [2.24, 2.45) is 0 Å². The number of ether oxygens (including phenoxy) is 2. The van der Waals surface area contributed by atoms with Gasteiger partial charge in [0.05, 0.1) is 23.1 Å². The molecule has 2 aromatic rings. The van der Waals surface area contributed by atoms with Gasteiger partial charge in [0, 0.05) is 18.8 Å². The Morgan fingerprint density at radius 1 is 0.909 bits per heavy atom. The van der Waals surface area contributed by atoms with E-state index < -0.39 is 34.5 Å². The average molecular weight is 475 g/mol. The zero-order chi connectivity index (χ0) is 23.8. The van der Waals surface area contributed by atoms with E-state index in [2.05, 4.69) is 10.1 Å². The molecular formula is C23H26N2O7S. The Bertz CT molecular complexity index is 1110. The van der Waals surface area contributed by atoms with Gasteiger partial charge in [-0.15, -0.1) is 0 Å². The van der Waals surface area contributed by atoms with Crippen LogP contribution in [0.2, 0.25) is 0 Å². The molecule has 1 saturated heterocycles. The van der Waals surface area contributed by atoms with Crippen LogP contribution in [0.1, 0.15) is 46.4 Å². The number of carbonyl (C=O) groups is 3. The predicted octanol–water partition coefficient (Wildman–Crippen LogP) is 2.83. The lowest BCUT2D eigenvalue weighted by Gasteiger charge is -2.19. The van der Waals surface area contributed by atoms with Crippen LogP contribution in [0.15, 0.2) is 53.4 Å². The molecule has 0 bridgehead atoms. The molecule has 1 heterocycles. The fourth-order valence-corrected chi connectivity index (χ4v) is 4.96. The van der Waals surface area contributed by atoms with Gasteiger partial charge < -0.3 is 14.8 Å². The maximum Gasteiger partial charge on any atom is 0.338 e.